The first-order chi connectivity index (χ1) is 11.2. The zero-order valence-corrected chi connectivity index (χ0v) is 19.0. The predicted molar refractivity (Wildman–Crippen MR) is 96.8 cm³/mol. The third kappa shape index (κ3) is 36.3. The van der Waals surface area contributed by atoms with Crippen LogP contribution in [0.1, 0.15) is 34.6 Å². The first-order valence-corrected chi connectivity index (χ1v) is 8.81. The van der Waals surface area contributed by atoms with Crippen LogP contribution in [0.2, 0.25) is 0 Å². The van der Waals surface area contributed by atoms with Crippen LogP contribution in [0.25, 0.3) is 14.5 Å². The first kappa shape index (κ1) is 36.5. The third-order valence-electron chi connectivity index (χ3n) is 2.81. The Bertz CT molecular complexity index is 568. The number of hydrogen-bond acceptors (Lipinski definition) is 0. The summed E-state index contributed by atoms with van der Waals surface area (Å²) < 4.78 is 59.2. The molecule has 27 heavy (non-hydrogen) atoms. The van der Waals surface area contributed by atoms with E-state index in [0.717, 1.165) is 0 Å². The Morgan fingerprint density at radius 3 is 0.704 bits per heavy atom. The van der Waals surface area contributed by atoms with Crippen LogP contribution in [0, 0.1) is 25.6 Å². The molecule has 0 spiro atoms. The van der Waals surface area contributed by atoms with Crippen LogP contribution in [-0.4, -0.2) is 21.1 Å². The van der Waals surface area contributed by atoms with E-state index < -0.39 is 7.81 Å². The van der Waals surface area contributed by atoms with E-state index in [1.54, 1.807) is 0 Å². The molecule has 0 aromatic carbocycles. The molecule has 1 rings (SSSR count). The number of halogens is 6. The van der Waals surface area contributed by atoms with Gasteiger partial charge in [0.15, 0.2) is 0 Å². The summed E-state index contributed by atoms with van der Waals surface area (Å²) in [5.74, 6) is 1.47. The average Bonchev–Trinajstić information content (AvgIpc) is 2.56. The van der Waals surface area contributed by atoms with Gasteiger partial charge in [0, 0.05) is 5.92 Å². The molecule has 1 aliphatic carbocycles. The van der Waals surface area contributed by atoms with Crippen molar-refractivity contribution >= 4 is 7.81 Å². The van der Waals surface area contributed by atoms with Crippen LogP contribution in [0.5, 0.6) is 0 Å². The van der Waals surface area contributed by atoms with Crippen molar-refractivity contribution in [2.45, 2.75) is 34.6 Å². The minimum atomic E-state index is -10.7. The molecule has 3 nitrogen and oxygen atoms in total. The number of rotatable bonds is 0. The van der Waals surface area contributed by atoms with E-state index in [2.05, 4.69) is 49.2 Å². The van der Waals surface area contributed by atoms with Gasteiger partial charge in [-0.2, -0.15) is 0 Å². The summed E-state index contributed by atoms with van der Waals surface area (Å²) in [5.41, 5.74) is 5.87. The van der Waals surface area contributed by atoms with Gasteiger partial charge >= 0.3 is 52.5 Å². The fourth-order valence-corrected chi connectivity index (χ4v) is 1.41. The van der Waals surface area contributed by atoms with Crippen molar-refractivity contribution in [3.8, 4) is 0 Å². The summed E-state index contributed by atoms with van der Waals surface area (Å²) >= 11 is 0. The number of hydrogen-bond donors (Lipinski definition) is 0. The summed E-state index contributed by atoms with van der Waals surface area (Å²) in [6.07, 6.45) is 0. The Morgan fingerprint density at radius 2 is 0.667 bits per heavy atom. The molecule has 0 aromatic rings. The first-order valence-electron chi connectivity index (χ1n) is 6.78. The van der Waals surface area contributed by atoms with Gasteiger partial charge in [0.1, 0.15) is 0 Å². The fraction of sp³-hybridized carbons (Fsp3) is 0.500. The van der Waals surface area contributed by atoms with E-state index >= 15 is 0 Å². The maximum absolute atomic E-state index is 10.7. The molecule has 0 unspecified atom stereocenters. The van der Waals surface area contributed by atoms with Gasteiger partial charge in [0.2, 0.25) is 21.1 Å². The third-order valence-corrected chi connectivity index (χ3v) is 2.81. The van der Waals surface area contributed by atoms with E-state index in [1.807, 2.05) is 0 Å². The average molecular weight is 504 g/mol. The molecule has 2 radical (unpaired) electrons. The van der Waals surface area contributed by atoms with Gasteiger partial charge < -0.3 is 14.5 Å². The smallest absolute Gasteiger partial charge is 0.320 e. The Kier molecular flexibility index (Phi) is 18.5. The van der Waals surface area contributed by atoms with Crippen molar-refractivity contribution in [3.05, 3.63) is 62.5 Å². The number of allylic oxidation sites excluding steroid dienone is 4. The van der Waals surface area contributed by atoms with Gasteiger partial charge in [-0.15, -0.1) is 0 Å². The predicted octanol–water partition coefficient (Wildman–Crippen LogP) is 8.25. The van der Waals surface area contributed by atoms with Gasteiger partial charge in [0.05, 0.1) is 0 Å². The molecular formula is C16H24F6N3PRu. The van der Waals surface area contributed by atoms with Gasteiger partial charge in [-0.3, -0.25) is 0 Å². The minimum absolute atomic E-state index is 0. The summed E-state index contributed by atoms with van der Waals surface area (Å²) in [4.78, 5) is 8.25. The zero-order chi connectivity index (χ0) is 22.4. The Hall–Kier alpha value is -1.42. The topological polar surface area (TPSA) is 13.1 Å². The second-order valence-electron chi connectivity index (χ2n) is 4.75. The van der Waals surface area contributed by atoms with Gasteiger partial charge in [0.25, 0.3) is 0 Å². The van der Waals surface area contributed by atoms with E-state index in [4.69, 9.17) is 19.7 Å². The van der Waals surface area contributed by atoms with E-state index in [0.29, 0.717) is 0 Å². The monoisotopic (exact) mass is 505 g/mol. The molecule has 0 aromatic heterocycles. The van der Waals surface area contributed by atoms with Crippen molar-refractivity contribution in [1.82, 2.24) is 0 Å². The molecule has 0 amide bonds. The van der Waals surface area contributed by atoms with E-state index in [1.165, 1.54) is 49.4 Å². The summed E-state index contributed by atoms with van der Waals surface area (Å²) in [5, 5.41) is 0. The minimum Gasteiger partial charge on any atom is -0.320 e. The van der Waals surface area contributed by atoms with Gasteiger partial charge in [-0.1, -0.05) is 18.1 Å². The van der Waals surface area contributed by atoms with Gasteiger partial charge in [-0.05, 0) is 38.8 Å². The zero-order valence-electron chi connectivity index (χ0n) is 16.4. The molecule has 1 aliphatic rings. The van der Waals surface area contributed by atoms with Crippen LogP contribution >= 0.6 is 7.81 Å². The van der Waals surface area contributed by atoms with E-state index in [9.17, 15) is 25.2 Å². The van der Waals surface area contributed by atoms with Crippen LogP contribution in [-0.2, 0) is 19.5 Å². The van der Waals surface area contributed by atoms with Crippen molar-refractivity contribution in [2.24, 2.45) is 0 Å². The summed E-state index contributed by atoms with van der Waals surface area (Å²) in [6, 6.07) is 0. The largest absolute Gasteiger partial charge is 1.00 e. The van der Waals surface area contributed by atoms with Crippen molar-refractivity contribution in [3.63, 3.8) is 0 Å². The quantitative estimate of drug-likeness (QED) is 0.136. The molecule has 11 heteroatoms. The van der Waals surface area contributed by atoms with Crippen LogP contribution in [0.4, 0.5) is 25.2 Å². The Balaban J connectivity index is -0.0000000835. The van der Waals surface area contributed by atoms with Crippen LogP contribution in [0.15, 0.2) is 22.3 Å². The molecule has 0 aliphatic heterocycles. The molecular weight excluding hydrogens is 480 g/mol. The van der Waals surface area contributed by atoms with Crippen molar-refractivity contribution < 1.29 is 44.7 Å². The second-order valence-corrected chi connectivity index (χ2v) is 6.67. The van der Waals surface area contributed by atoms with Crippen LogP contribution in [0.3, 0.4) is 0 Å². The van der Waals surface area contributed by atoms with Gasteiger partial charge in [-0.25, -0.2) is 19.7 Å². The van der Waals surface area contributed by atoms with Crippen LogP contribution < -0.4 is 0 Å². The number of nitrogens with zero attached hydrogens (tertiary/aromatic N) is 3. The molecule has 0 heterocycles. The van der Waals surface area contributed by atoms with E-state index in [-0.39, 0.29) is 19.5 Å². The fourth-order valence-electron chi connectivity index (χ4n) is 1.41. The Labute approximate surface area is 171 Å². The molecule has 0 bridgehead atoms. The second kappa shape index (κ2) is 13.7. The summed E-state index contributed by atoms with van der Waals surface area (Å²) in [6.45, 7) is 28.5. The molecule has 0 saturated heterocycles. The van der Waals surface area contributed by atoms with Crippen molar-refractivity contribution in [2.75, 3.05) is 21.1 Å². The molecule has 0 N–H and O–H groups in total. The maximum atomic E-state index is 9.87. The molecule has 0 atom stereocenters. The normalized spacial score (nSPS) is 14.8. The standard InChI is InChI=1S/C10H15.3C2H3N.F6P.Ru/c1-6-7(2)9(4)10(5)8(6)3;3*1-3-2;1-7(2,3,4,5)6;/h1-5H3;3*1H3;;/q;;;;-1;+1. The Morgan fingerprint density at radius 1 is 0.556 bits per heavy atom. The SMILES string of the molecule is C[C]1C(C)=C(C)C(C)=C1C.F[P-](F)(F)(F)(F)F.[C-]#[N+]C.[C-]#[N+]C.[C-]#[N+]C.[Ru+]. The molecule has 0 saturated carbocycles. The maximum Gasteiger partial charge on any atom is 1.00 e. The summed E-state index contributed by atoms with van der Waals surface area (Å²) in [7, 11) is -6.41. The molecule has 0 fully saturated rings. The van der Waals surface area contributed by atoms with Crippen molar-refractivity contribution in [1.29, 1.82) is 0 Å². The molecule has 158 valence electrons.